The van der Waals surface area contributed by atoms with Gasteiger partial charge in [0.05, 0.1) is 0 Å². The number of aryl methyl sites for hydroxylation is 1. The van der Waals surface area contributed by atoms with Crippen molar-refractivity contribution in [3.8, 4) is 0 Å². The Hall–Kier alpha value is -2.04. The van der Waals surface area contributed by atoms with Crippen LogP contribution in [-0.2, 0) is 11.2 Å². The molecule has 1 aromatic rings. The molecule has 0 unspecified atom stereocenters. The SMILES string of the molecule is CCCN1C(=O)CCc2cc(NC(=O)NC(C)(C)C)ccc21. The van der Waals surface area contributed by atoms with E-state index in [4.69, 9.17) is 0 Å². The van der Waals surface area contributed by atoms with Crippen molar-refractivity contribution in [3.05, 3.63) is 23.8 Å². The fourth-order valence-corrected chi connectivity index (χ4v) is 2.61. The van der Waals surface area contributed by atoms with Crippen molar-refractivity contribution < 1.29 is 9.59 Å². The Balaban J connectivity index is 2.15. The molecule has 3 amide bonds. The highest BCUT2D eigenvalue weighted by Crippen LogP contribution is 2.30. The van der Waals surface area contributed by atoms with Gasteiger partial charge < -0.3 is 15.5 Å². The zero-order valence-corrected chi connectivity index (χ0v) is 13.8. The van der Waals surface area contributed by atoms with Gasteiger partial charge in [0.2, 0.25) is 5.91 Å². The molecule has 0 aromatic heterocycles. The van der Waals surface area contributed by atoms with Gasteiger partial charge in [0.15, 0.2) is 0 Å². The minimum Gasteiger partial charge on any atom is -0.333 e. The zero-order valence-electron chi connectivity index (χ0n) is 13.8. The number of hydrogen-bond acceptors (Lipinski definition) is 2. The first kappa shape index (κ1) is 16.3. The van der Waals surface area contributed by atoms with E-state index in [-0.39, 0.29) is 17.5 Å². The number of nitrogens with zero attached hydrogens (tertiary/aromatic N) is 1. The van der Waals surface area contributed by atoms with Gasteiger partial charge >= 0.3 is 6.03 Å². The van der Waals surface area contributed by atoms with E-state index in [9.17, 15) is 9.59 Å². The Kier molecular flexibility index (Phi) is 4.74. The van der Waals surface area contributed by atoms with Crippen LogP contribution in [0.4, 0.5) is 16.2 Å². The van der Waals surface area contributed by atoms with Crippen LogP contribution < -0.4 is 15.5 Å². The van der Waals surface area contributed by atoms with Crippen LogP contribution in [0.2, 0.25) is 0 Å². The quantitative estimate of drug-likeness (QED) is 0.900. The van der Waals surface area contributed by atoms with Gasteiger partial charge in [0.1, 0.15) is 0 Å². The normalized spacial score (nSPS) is 14.5. The number of carbonyl (C=O) groups excluding carboxylic acids is 2. The number of amides is 3. The van der Waals surface area contributed by atoms with E-state index >= 15 is 0 Å². The molecule has 0 atom stereocenters. The minimum atomic E-state index is -0.275. The molecule has 5 nitrogen and oxygen atoms in total. The van der Waals surface area contributed by atoms with Crippen molar-refractivity contribution in [2.45, 2.75) is 52.5 Å². The van der Waals surface area contributed by atoms with Crippen molar-refractivity contribution in [1.82, 2.24) is 5.32 Å². The summed E-state index contributed by atoms with van der Waals surface area (Å²) in [5, 5.41) is 5.72. The van der Waals surface area contributed by atoms with Crippen molar-refractivity contribution in [1.29, 1.82) is 0 Å². The van der Waals surface area contributed by atoms with Gasteiger partial charge in [-0.3, -0.25) is 4.79 Å². The van der Waals surface area contributed by atoms with Crippen LogP contribution in [0, 0.1) is 0 Å². The van der Waals surface area contributed by atoms with Crippen molar-refractivity contribution >= 4 is 23.3 Å². The number of benzene rings is 1. The van der Waals surface area contributed by atoms with E-state index in [2.05, 4.69) is 17.6 Å². The molecule has 2 N–H and O–H groups in total. The molecular formula is C17H25N3O2. The van der Waals surface area contributed by atoms with Gasteiger partial charge in [-0.1, -0.05) is 6.92 Å². The topological polar surface area (TPSA) is 61.4 Å². The summed E-state index contributed by atoms with van der Waals surface area (Å²) in [5.74, 6) is 0.181. The van der Waals surface area contributed by atoms with Gasteiger partial charge in [-0.25, -0.2) is 4.79 Å². The maximum atomic E-state index is 12.0. The summed E-state index contributed by atoms with van der Waals surface area (Å²) >= 11 is 0. The molecule has 5 heteroatoms. The predicted molar refractivity (Wildman–Crippen MR) is 89.3 cm³/mol. The lowest BCUT2D eigenvalue weighted by Crippen LogP contribution is -2.43. The smallest absolute Gasteiger partial charge is 0.319 e. The van der Waals surface area contributed by atoms with Crippen LogP contribution in [0.1, 0.15) is 46.1 Å². The highest BCUT2D eigenvalue weighted by molar-refractivity contribution is 5.97. The molecule has 2 rings (SSSR count). The van der Waals surface area contributed by atoms with E-state index < -0.39 is 0 Å². The Morgan fingerprint density at radius 1 is 1.27 bits per heavy atom. The van der Waals surface area contributed by atoms with Gasteiger partial charge in [0, 0.05) is 29.9 Å². The lowest BCUT2D eigenvalue weighted by molar-refractivity contribution is -0.118. The number of nitrogens with one attached hydrogen (secondary N) is 2. The Labute approximate surface area is 132 Å². The maximum absolute atomic E-state index is 12.0. The lowest BCUT2D eigenvalue weighted by atomic mass is 10.00. The van der Waals surface area contributed by atoms with Gasteiger partial charge in [-0.2, -0.15) is 0 Å². The monoisotopic (exact) mass is 303 g/mol. The summed E-state index contributed by atoms with van der Waals surface area (Å²) < 4.78 is 0. The maximum Gasteiger partial charge on any atom is 0.319 e. The van der Waals surface area contributed by atoms with Crippen molar-refractivity contribution in [2.75, 3.05) is 16.8 Å². The van der Waals surface area contributed by atoms with Crippen LogP contribution >= 0.6 is 0 Å². The first-order valence-electron chi connectivity index (χ1n) is 7.82. The standard InChI is InChI=1S/C17H25N3O2/c1-5-10-20-14-8-7-13(11-12(14)6-9-15(20)21)18-16(22)19-17(2,3)4/h7-8,11H,5-6,9-10H2,1-4H3,(H2,18,19,22). The molecule has 1 aliphatic rings. The number of fused-ring (bicyclic) bond motifs is 1. The van der Waals surface area contributed by atoms with Gasteiger partial charge in [-0.15, -0.1) is 0 Å². The number of carbonyl (C=O) groups is 2. The van der Waals surface area contributed by atoms with E-state index in [1.165, 1.54) is 0 Å². The Morgan fingerprint density at radius 2 is 2.00 bits per heavy atom. The summed E-state index contributed by atoms with van der Waals surface area (Å²) in [6, 6.07) is 5.52. The predicted octanol–water partition coefficient (Wildman–Crippen LogP) is 3.30. The Bertz CT molecular complexity index is 576. The fourth-order valence-electron chi connectivity index (χ4n) is 2.61. The number of urea groups is 1. The van der Waals surface area contributed by atoms with Crippen LogP contribution in [0.25, 0.3) is 0 Å². The molecule has 0 radical (unpaired) electrons. The third-order valence-electron chi connectivity index (χ3n) is 3.47. The second kappa shape index (κ2) is 6.38. The molecule has 120 valence electrons. The average molecular weight is 303 g/mol. The summed E-state index contributed by atoms with van der Waals surface area (Å²) in [5.41, 5.74) is 2.57. The lowest BCUT2D eigenvalue weighted by Gasteiger charge is -2.29. The molecule has 1 aromatic carbocycles. The Morgan fingerprint density at radius 3 is 2.64 bits per heavy atom. The van der Waals surface area contributed by atoms with Crippen LogP contribution in [0.5, 0.6) is 0 Å². The second-order valence-corrected chi connectivity index (χ2v) is 6.72. The van der Waals surface area contributed by atoms with E-state index in [0.717, 1.165) is 36.3 Å². The molecule has 0 aliphatic carbocycles. The van der Waals surface area contributed by atoms with Crippen molar-refractivity contribution in [2.24, 2.45) is 0 Å². The summed E-state index contributed by atoms with van der Waals surface area (Å²) in [4.78, 5) is 25.8. The molecule has 1 heterocycles. The van der Waals surface area contributed by atoms with E-state index in [1.54, 1.807) is 0 Å². The third-order valence-corrected chi connectivity index (χ3v) is 3.47. The first-order valence-corrected chi connectivity index (χ1v) is 7.82. The zero-order chi connectivity index (χ0) is 16.3. The van der Waals surface area contributed by atoms with E-state index in [1.807, 2.05) is 43.9 Å². The number of hydrogen-bond donors (Lipinski definition) is 2. The second-order valence-electron chi connectivity index (χ2n) is 6.72. The number of anilines is 2. The molecule has 22 heavy (non-hydrogen) atoms. The minimum absolute atomic E-state index is 0.181. The highest BCUT2D eigenvalue weighted by atomic mass is 16.2. The van der Waals surface area contributed by atoms with Crippen molar-refractivity contribution in [3.63, 3.8) is 0 Å². The highest BCUT2D eigenvalue weighted by Gasteiger charge is 2.23. The molecule has 0 saturated heterocycles. The van der Waals surface area contributed by atoms with Crippen LogP contribution in [0.3, 0.4) is 0 Å². The summed E-state index contributed by atoms with van der Waals surface area (Å²) in [6.07, 6.45) is 2.19. The molecule has 1 aliphatic heterocycles. The largest absolute Gasteiger partial charge is 0.333 e. The third kappa shape index (κ3) is 4.00. The molecule has 0 fully saturated rings. The average Bonchev–Trinajstić information content (AvgIpc) is 2.40. The molecule has 0 saturated carbocycles. The summed E-state index contributed by atoms with van der Waals surface area (Å²) in [7, 11) is 0. The first-order chi connectivity index (χ1) is 10.3. The molecular weight excluding hydrogens is 278 g/mol. The van der Waals surface area contributed by atoms with Crippen LogP contribution in [-0.4, -0.2) is 24.0 Å². The van der Waals surface area contributed by atoms with E-state index in [0.29, 0.717) is 6.42 Å². The molecule has 0 spiro atoms. The fraction of sp³-hybridized carbons (Fsp3) is 0.529. The molecule has 0 bridgehead atoms. The van der Waals surface area contributed by atoms with Crippen LogP contribution in [0.15, 0.2) is 18.2 Å². The number of rotatable bonds is 3. The summed E-state index contributed by atoms with van der Waals surface area (Å²) in [6.45, 7) is 8.62. The van der Waals surface area contributed by atoms with Gasteiger partial charge in [0.25, 0.3) is 0 Å². The van der Waals surface area contributed by atoms with Gasteiger partial charge in [-0.05, 0) is 57.4 Å².